The van der Waals surface area contributed by atoms with Gasteiger partial charge in [-0.1, -0.05) is 73.0 Å². The number of aromatic nitrogens is 2. The first-order valence-corrected chi connectivity index (χ1v) is 12.3. The molecule has 0 aliphatic rings. The summed E-state index contributed by atoms with van der Waals surface area (Å²) in [6.07, 6.45) is 0. The molecule has 0 unspecified atom stereocenters. The number of hydrogen-bond acceptors (Lipinski definition) is 8. The SMILES string of the molecule is Cc1cc([N+](=O)[O-])ccc1NC(=O)CSc1nnc(SCc2ccc(C(C)C)cc2)s1. The quantitative estimate of drug-likeness (QED) is 0.234. The molecule has 0 aliphatic heterocycles. The molecule has 0 spiro atoms. The summed E-state index contributed by atoms with van der Waals surface area (Å²) in [6, 6.07) is 13.0. The number of nitro groups is 1. The van der Waals surface area contributed by atoms with Gasteiger partial charge in [0, 0.05) is 23.6 Å². The minimum absolute atomic E-state index is 0.000344. The molecule has 0 atom stereocenters. The number of aryl methyl sites for hydroxylation is 1. The molecule has 10 heteroatoms. The zero-order chi connectivity index (χ0) is 22.4. The number of nitro benzene ring substituents is 1. The zero-order valence-corrected chi connectivity index (χ0v) is 19.8. The van der Waals surface area contributed by atoms with Crippen molar-refractivity contribution in [2.45, 2.75) is 41.1 Å². The second-order valence-corrected chi connectivity index (χ2v) is 10.5. The van der Waals surface area contributed by atoms with E-state index in [2.05, 4.69) is 53.6 Å². The maximum Gasteiger partial charge on any atom is 0.269 e. The van der Waals surface area contributed by atoms with Gasteiger partial charge in [0.05, 0.1) is 10.7 Å². The molecule has 0 radical (unpaired) electrons. The van der Waals surface area contributed by atoms with Gasteiger partial charge in [0.25, 0.3) is 5.69 Å². The van der Waals surface area contributed by atoms with E-state index in [1.165, 1.54) is 46.4 Å². The highest BCUT2D eigenvalue weighted by atomic mass is 32.2. The monoisotopic (exact) mass is 474 g/mol. The lowest BCUT2D eigenvalue weighted by Crippen LogP contribution is -2.14. The normalized spacial score (nSPS) is 11.0. The maximum atomic E-state index is 12.2. The minimum atomic E-state index is -0.458. The average molecular weight is 475 g/mol. The second kappa shape index (κ2) is 10.7. The van der Waals surface area contributed by atoms with Gasteiger partial charge in [0.15, 0.2) is 8.68 Å². The Morgan fingerprint density at radius 2 is 1.81 bits per heavy atom. The number of carbonyl (C=O) groups excluding carboxylic acids is 1. The number of nitrogens with one attached hydrogen (secondary N) is 1. The van der Waals surface area contributed by atoms with Crippen LogP contribution in [-0.2, 0) is 10.5 Å². The molecular formula is C21H22N4O3S3. The molecule has 0 aliphatic carbocycles. The number of benzene rings is 2. The van der Waals surface area contributed by atoms with Gasteiger partial charge >= 0.3 is 0 Å². The lowest BCUT2D eigenvalue weighted by atomic mass is 10.0. The van der Waals surface area contributed by atoms with Crippen LogP contribution in [0, 0.1) is 17.0 Å². The van der Waals surface area contributed by atoms with Crippen molar-refractivity contribution in [2.24, 2.45) is 0 Å². The van der Waals surface area contributed by atoms with Crippen molar-refractivity contribution in [1.29, 1.82) is 0 Å². The molecule has 0 fully saturated rings. The van der Waals surface area contributed by atoms with Crippen molar-refractivity contribution < 1.29 is 9.72 Å². The van der Waals surface area contributed by atoms with E-state index in [-0.39, 0.29) is 17.3 Å². The largest absolute Gasteiger partial charge is 0.325 e. The number of non-ortho nitro benzene ring substituents is 1. The molecule has 0 saturated heterocycles. The average Bonchev–Trinajstić information content (AvgIpc) is 3.20. The van der Waals surface area contributed by atoms with Gasteiger partial charge < -0.3 is 5.32 Å². The Bertz CT molecular complexity index is 1070. The van der Waals surface area contributed by atoms with Crippen molar-refractivity contribution >= 4 is 52.1 Å². The summed E-state index contributed by atoms with van der Waals surface area (Å²) < 4.78 is 1.59. The van der Waals surface area contributed by atoms with Crippen molar-refractivity contribution in [2.75, 3.05) is 11.1 Å². The van der Waals surface area contributed by atoms with Crippen LogP contribution in [0.5, 0.6) is 0 Å². The van der Waals surface area contributed by atoms with E-state index >= 15 is 0 Å². The van der Waals surface area contributed by atoms with E-state index in [9.17, 15) is 14.9 Å². The fraction of sp³-hybridized carbons (Fsp3) is 0.286. The summed E-state index contributed by atoms with van der Waals surface area (Å²) in [4.78, 5) is 22.6. The van der Waals surface area contributed by atoms with Crippen LogP contribution in [0.15, 0.2) is 51.1 Å². The molecule has 31 heavy (non-hydrogen) atoms. The molecule has 2 aromatic carbocycles. The highest BCUT2D eigenvalue weighted by molar-refractivity contribution is 8.03. The Morgan fingerprint density at radius 1 is 1.13 bits per heavy atom. The fourth-order valence-corrected chi connectivity index (χ4v) is 5.45. The van der Waals surface area contributed by atoms with Gasteiger partial charge in [-0.25, -0.2) is 0 Å². The molecule has 162 valence electrons. The molecule has 1 heterocycles. The first-order valence-electron chi connectivity index (χ1n) is 9.54. The molecule has 1 N–H and O–H groups in total. The summed E-state index contributed by atoms with van der Waals surface area (Å²) in [5.41, 5.74) is 3.76. The third kappa shape index (κ3) is 6.78. The van der Waals surface area contributed by atoms with Gasteiger partial charge in [0.1, 0.15) is 0 Å². The van der Waals surface area contributed by atoms with Crippen LogP contribution in [0.25, 0.3) is 0 Å². The first kappa shape index (κ1) is 23.2. The molecule has 1 aromatic heterocycles. The number of anilines is 1. The van der Waals surface area contributed by atoms with E-state index in [0.717, 1.165) is 14.4 Å². The van der Waals surface area contributed by atoms with Crippen LogP contribution >= 0.6 is 34.9 Å². The number of hydrogen-bond donors (Lipinski definition) is 1. The van der Waals surface area contributed by atoms with E-state index < -0.39 is 4.92 Å². The summed E-state index contributed by atoms with van der Waals surface area (Å²) in [6.45, 7) is 6.08. The molecule has 3 aromatic rings. The summed E-state index contributed by atoms with van der Waals surface area (Å²) in [7, 11) is 0. The van der Waals surface area contributed by atoms with Crippen molar-refractivity contribution in [3.8, 4) is 0 Å². The van der Waals surface area contributed by atoms with Gasteiger partial charge in [-0.15, -0.1) is 10.2 Å². The summed E-state index contributed by atoms with van der Waals surface area (Å²) in [5.74, 6) is 1.33. The number of amides is 1. The number of rotatable bonds is 9. The third-order valence-electron chi connectivity index (χ3n) is 4.42. The Labute approximate surface area is 193 Å². The standard InChI is InChI=1S/C21H22N4O3S3/c1-13(2)16-6-4-15(5-7-16)11-29-20-23-24-21(31-20)30-12-19(26)22-18-9-8-17(25(27)28)10-14(18)3/h4-10,13H,11-12H2,1-3H3,(H,22,26). The first-order chi connectivity index (χ1) is 14.8. The molecule has 0 saturated carbocycles. The van der Waals surface area contributed by atoms with Crippen molar-refractivity contribution in [3.63, 3.8) is 0 Å². The molecule has 7 nitrogen and oxygen atoms in total. The van der Waals surface area contributed by atoms with Gasteiger partial charge in [0.2, 0.25) is 5.91 Å². The van der Waals surface area contributed by atoms with Crippen molar-refractivity contribution in [3.05, 3.63) is 69.3 Å². The molecule has 3 rings (SSSR count). The van der Waals surface area contributed by atoms with Crippen LogP contribution in [0.2, 0.25) is 0 Å². The fourth-order valence-electron chi connectivity index (χ4n) is 2.67. The minimum Gasteiger partial charge on any atom is -0.325 e. The number of thioether (sulfide) groups is 2. The Balaban J connectivity index is 1.47. The summed E-state index contributed by atoms with van der Waals surface area (Å²) in [5, 5.41) is 21.9. The van der Waals surface area contributed by atoms with E-state index in [4.69, 9.17) is 0 Å². The van der Waals surface area contributed by atoms with Crippen LogP contribution in [0.4, 0.5) is 11.4 Å². The highest BCUT2D eigenvalue weighted by Gasteiger charge is 2.12. The van der Waals surface area contributed by atoms with Crippen LogP contribution in [0.1, 0.15) is 36.5 Å². The highest BCUT2D eigenvalue weighted by Crippen LogP contribution is 2.31. The Morgan fingerprint density at radius 3 is 2.42 bits per heavy atom. The Hall–Kier alpha value is -2.43. The number of carbonyl (C=O) groups is 1. The Kier molecular flexibility index (Phi) is 8.05. The second-order valence-electron chi connectivity index (χ2n) is 7.11. The van der Waals surface area contributed by atoms with E-state index in [0.29, 0.717) is 17.2 Å². The predicted octanol–water partition coefficient (Wildman–Crippen LogP) is 5.90. The predicted molar refractivity (Wildman–Crippen MR) is 127 cm³/mol. The lowest BCUT2D eigenvalue weighted by molar-refractivity contribution is -0.384. The number of nitrogens with zero attached hydrogens (tertiary/aromatic N) is 3. The van der Waals surface area contributed by atoms with Gasteiger partial charge in [-0.3, -0.25) is 14.9 Å². The summed E-state index contributed by atoms with van der Waals surface area (Å²) >= 11 is 4.41. The van der Waals surface area contributed by atoms with Gasteiger partial charge in [-0.2, -0.15) is 0 Å². The van der Waals surface area contributed by atoms with Gasteiger partial charge in [-0.05, 0) is 35.6 Å². The molecule has 0 bridgehead atoms. The molecular weight excluding hydrogens is 452 g/mol. The smallest absolute Gasteiger partial charge is 0.269 e. The van der Waals surface area contributed by atoms with Crippen molar-refractivity contribution in [1.82, 2.24) is 10.2 Å². The van der Waals surface area contributed by atoms with E-state index in [1.54, 1.807) is 24.8 Å². The zero-order valence-electron chi connectivity index (χ0n) is 17.3. The maximum absolute atomic E-state index is 12.2. The van der Waals surface area contributed by atoms with Crippen LogP contribution in [0.3, 0.4) is 0 Å². The molecule has 1 amide bonds. The van der Waals surface area contributed by atoms with Crippen LogP contribution in [-0.4, -0.2) is 26.8 Å². The topological polar surface area (TPSA) is 98.0 Å². The van der Waals surface area contributed by atoms with Crippen LogP contribution < -0.4 is 5.32 Å². The third-order valence-corrected chi connectivity index (χ3v) is 7.68. The lowest BCUT2D eigenvalue weighted by Gasteiger charge is -2.07. The van der Waals surface area contributed by atoms with E-state index in [1.807, 2.05) is 0 Å².